The summed E-state index contributed by atoms with van der Waals surface area (Å²) in [5.41, 5.74) is 8.38. The number of nitrogens with zero attached hydrogens (tertiary/aromatic N) is 5. The first-order chi connectivity index (χ1) is 20.9. The van der Waals surface area contributed by atoms with E-state index in [0.717, 1.165) is 0 Å². The topological polar surface area (TPSA) is 142 Å². The highest BCUT2D eigenvalue weighted by Gasteiger charge is 2.30. The van der Waals surface area contributed by atoms with Gasteiger partial charge in [0.25, 0.3) is 5.91 Å². The number of para-hydroxylation sites is 1. The van der Waals surface area contributed by atoms with Gasteiger partial charge in [-0.05, 0) is 90.3 Å². The first-order valence-electron chi connectivity index (χ1n) is 13.8. The van der Waals surface area contributed by atoms with E-state index < -0.39 is 17.1 Å². The van der Waals surface area contributed by atoms with E-state index in [2.05, 4.69) is 4.98 Å². The Bertz CT molecular complexity index is 1870. The van der Waals surface area contributed by atoms with Gasteiger partial charge in [-0.15, -0.1) is 0 Å². The van der Waals surface area contributed by atoms with Crippen LogP contribution in [0.3, 0.4) is 0 Å². The van der Waals surface area contributed by atoms with E-state index >= 15 is 0 Å². The quantitative estimate of drug-likeness (QED) is 0.199. The molecule has 4 heterocycles. The largest absolute Gasteiger partial charge is 0.612 e. The number of carbonyl (C=O) groups excluding carboxylic acids is 1. The molecule has 216 valence electrons. The van der Waals surface area contributed by atoms with Gasteiger partial charge in [-0.3, -0.25) is 13.9 Å². The van der Waals surface area contributed by atoms with E-state index in [-0.39, 0.29) is 29.7 Å². The normalized spacial score (nSPS) is 18.7. The zero-order chi connectivity index (χ0) is 29.9. The number of hydrogen-bond acceptors (Lipinski definition) is 7. The highest BCUT2D eigenvalue weighted by Crippen LogP contribution is 2.30. The van der Waals surface area contributed by atoms with Crippen molar-refractivity contribution in [2.45, 2.75) is 18.9 Å². The van der Waals surface area contributed by atoms with Gasteiger partial charge in [0.05, 0.1) is 17.2 Å². The number of anilines is 1. The minimum atomic E-state index is -1.07. The highest BCUT2D eigenvalue weighted by molar-refractivity contribution is 7.94. The summed E-state index contributed by atoms with van der Waals surface area (Å²) in [7, 11) is 0. The van der Waals surface area contributed by atoms with Crippen LogP contribution in [0.15, 0.2) is 106 Å². The number of allylic oxidation sites excluding steroid dienone is 3. The summed E-state index contributed by atoms with van der Waals surface area (Å²) >= 11 is -1.07. The number of nitrogens with two attached hydrogens (primary N) is 1. The fourth-order valence-corrected chi connectivity index (χ4v) is 6.24. The SMILES string of the molecule is N#CC(=CC1=CC[S+]([O-])C=C1)C(=O)N1CCCC(n2c(=O)n(-c3ccc(Oc4ccccc4)cc3)c3c(N)nccc32)C1. The maximum Gasteiger partial charge on any atom is 0.334 e. The van der Waals surface area contributed by atoms with Gasteiger partial charge in [0.15, 0.2) is 0 Å². The zero-order valence-corrected chi connectivity index (χ0v) is 23.9. The molecule has 1 saturated heterocycles. The number of carbonyl (C=O) groups is 1. The maximum absolute atomic E-state index is 14.1. The highest BCUT2D eigenvalue weighted by atomic mass is 32.2. The molecule has 0 spiro atoms. The third-order valence-electron chi connectivity index (χ3n) is 7.49. The molecule has 2 aromatic carbocycles. The van der Waals surface area contributed by atoms with Crippen molar-refractivity contribution in [3.8, 4) is 23.3 Å². The van der Waals surface area contributed by atoms with E-state index in [1.807, 2.05) is 36.4 Å². The van der Waals surface area contributed by atoms with Crippen molar-refractivity contribution < 1.29 is 14.1 Å². The molecule has 0 aliphatic carbocycles. The Labute approximate surface area is 250 Å². The Balaban J connectivity index is 1.31. The first-order valence-corrected chi connectivity index (χ1v) is 15.2. The Kier molecular flexibility index (Phi) is 7.87. The molecule has 2 unspecified atom stereocenters. The number of imidazole rings is 1. The van der Waals surface area contributed by atoms with Gasteiger partial charge in [-0.1, -0.05) is 18.2 Å². The lowest BCUT2D eigenvalue weighted by Gasteiger charge is -2.33. The molecule has 6 rings (SSSR count). The van der Waals surface area contributed by atoms with Crippen LogP contribution in [0.5, 0.6) is 11.5 Å². The van der Waals surface area contributed by atoms with E-state index in [0.29, 0.717) is 58.9 Å². The lowest BCUT2D eigenvalue weighted by molar-refractivity contribution is -0.128. The van der Waals surface area contributed by atoms with Crippen molar-refractivity contribution in [1.29, 1.82) is 5.26 Å². The van der Waals surface area contributed by atoms with Crippen LogP contribution in [0.1, 0.15) is 18.9 Å². The van der Waals surface area contributed by atoms with Crippen molar-refractivity contribution in [2.75, 3.05) is 24.6 Å². The van der Waals surface area contributed by atoms with Crippen LogP contribution in [-0.4, -0.2) is 48.3 Å². The smallest absolute Gasteiger partial charge is 0.334 e. The summed E-state index contributed by atoms with van der Waals surface area (Å²) in [5.74, 6) is 1.47. The van der Waals surface area contributed by atoms with Crippen LogP contribution in [0.4, 0.5) is 5.82 Å². The molecular weight excluding hydrogens is 564 g/mol. The van der Waals surface area contributed by atoms with Gasteiger partial charge in [-0.2, -0.15) is 5.26 Å². The standard InChI is InChI=1S/C32H28N6O4S/c33-20-23(19-22-13-17-43(41)18-14-22)31(39)36-16-4-5-25(21-36)37-28-12-15-35-30(34)29(28)38(32(37)40)24-8-10-27(11-9-24)42-26-6-2-1-3-7-26/h1-3,6-15,17,19,25H,4-5,16,18,21H2,(H2,34,35). The summed E-state index contributed by atoms with van der Waals surface area (Å²) in [5, 5.41) is 11.3. The third kappa shape index (κ3) is 5.70. The van der Waals surface area contributed by atoms with Gasteiger partial charge in [-0.25, -0.2) is 9.78 Å². The molecule has 0 saturated carbocycles. The minimum absolute atomic E-state index is 0.00902. The fourth-order valence-electron chi connectivity index (χ4n) is 5.46. The second kappa shape index (κ2) is 12.1. The lowest BCUT2D eigenvalue weighted by Crippen LogP contribution is -2.43. The Morgan fingerprint density at radius 1 is 1.14 bits per heavy atom. The van der Waals surface area contributed by atoms with Crippen LogP contribution >= 0.6 is 0 Å². The average molecular weight is 593 g/mol. The number of piperidine rings is 1. The van der Waals surface area contributed by atoms with Crippen molar-refractivity contribution in [3.63, 3.8) is 0 Å². The molecule has 1 amide bonds. The number of rotatable bonds is 6. The number of hydrogen-bond donors (Lipinski definition) is 1. The van der Waals surface area contributed by atoms with Crippen molar-refractivity contribution in [2.24, 2.45) is 0 Å². The number of likely N-dealkylation sites (tertiary alicyclic amines) is 1. The molecule has 2 atom stereocenters. The number of benzene rings is 2. The van der Waals surface area contributed by atoms with Gasteiger partial charge < -0.3 is 19.9 Å². The monoisotopic (exact) mass is 592 g/mol. The van der Waals surface area contributed by atoms with Gasteiger partial charge >= 0.3 is 5.69 Å². The summed E-state index contributed by atoms with van der Waals surface area (Å²) in [6.45, 7) is 0.717. The Hall–Kier alpha value is -5.05. The number of nitriles is 1. The molecule has 1 fully saturated rings. The van der Waals surface area contributed by atoms with Crippen molar-refractivity contribution in [3.05, 3.63) is 112 Å². The number of amides is 1. The molecule has 2 aliphatic rings. The Morgan fingerprint density at radius 2 is 1.91 bits per heavy atom. The summed E-state index contributed by atoms with van der Waals surface area (Å²) < 4.78 is 20.7. The minimum Gasteiger partial charge on any atom is -0.612 e. The molecule has 0 bridgehead atoms. The summed E-state index contributed by atoms with van der Waals surface area (Å²) in [6.07, 6.45) is 7.80. The molecule has 0 radical (unpaired) electrons. The van der Waals surface area contributed by atoms with E-state index in [4.69, 9.17) is 10.5 Å². The van der Waals surface area contributed by atoms with Crippen LogP contribution < -0.4 is 16.2 Å². The number of ether oxygens (including phenoxy) is 1. The van der Waals surface area contributed by atoms with Crippen molar-refractivity contribution >= 4 is 33.9 Å². The number of aromatic nitrogens is 3. The second-order valence-electron chi connectivity index (χ2n) is 10.2. The first kappa shape index (κ1) is 28.1. The van der Waals surface area contributed by atoms with E-state index in [1.165, 1.54) is 10.6 Å². The lowest BCUT2D eigenvalue weighted by atomic mass is 10.0. The van der Waals surface area contributed by atoms with Gasteiger partial charge in [0.1, 0.15) is 45.6 Å². The van der Waals surface area contributed by atoms with E-state index in [9.17, 15) is 19.4 Å². The summed E-state index contributed by atoms with van der Waals surface area (Å²) in [4.78, 5) is 33.4. The molecule has 4 aromatic rings. The molecular formula is C32H28N6O4S. The molecule has 10 nitrogen and oxygen atoms in total. The van der Waals surface area contributed by atoms with Crippen LogP contribution in [0.25, 0.3) is 16.7 Å². The number of pyridine rings is 1. The summed E-state index contributed by atoms with van der Waals surface area (Å²) in [6, 6.07) is 20.0. The van der Waals surface area contributed by atoms with Crippen molar-refractivity contribution in [1.82, 2.24) is 19.0 Å². The predicted molar refractivity (Wildman–Crippen MR) is 165 cm³/mol. The van der Waals surface area contributed by atoms with Gasteiger partial charge in [0.2, 0.25) is 0 Å². The number of fused-ring (bicyclic) bond motifs is 1. The molecule has 2 N–H and O–H groups in total. The van der Waals surface area contributed by atoms with Crippen LogP contribution in [0, 0.1) is 11.3 Å². The van der Waals surface area contributed by atoms with Crippen LogP contribution in [0.2, 0.25) is 0 Å². The molecule has 43 heavy (non-hydrogen) atoms. The third-order valence-corrected chi connectivity index (χ3v) is 8.43. The predicted octanol–water partition coefficient (Wildman–Crippen LogP) is 4.38. The zero-order valence-electron chi connectivity index (χ0n) is 23.1. The molecule has 2 aromatic heterocycles. The second-order valence-corrected chi connectivity index (χ2v) is 11.6. The van der Waals surface area contributed by atoms with Gasteiger partial charge in [0, 0.05) is 19.3 Å². The van der Waals surface area contributed by atoms with E-state index in [1.54, 1.807) is 63.6 Å². The average Bonchev–Trinajstić information content (AvgIpc) is 3.34. The maximum atomic E-state index is 14.1. The Morgan fingerprint density at radius 3 is 2.63 bits per heavy atom. The molecule has 11 heteroatoms. The van der Waals surface area contributed by atoms with Crippen LogP contribution in [-0.2, 0) is 16.0 Å². The molecule has 2 aliphatic heterocycles. The fraction of sp³-hybridized carbons (Fsp3) is 0.188. The number of nitrogen functional groups attached to an aromatic ring is 1.